The monoisotopic (exact) mass is 356 g/mol. The van der Waals surface area contributed by atoms with Gasteiger partial charge < -0.3 is 9.64 Å². The van der Waals surface area contributed by atoms with Crippen LogP contribution < -0.4 is 4.74 Å². The van der Waals surface area contributed by atoms with E-state index >= 15 is 0 Å². The molecule has 1 aromatic carbocycles. The van der Waals surface area contributed by atoms with E-state index in [-0.39, 0.29) is 11.3 Å². The summed E-state index contributed by atoms with van der Waals surface area (Å²) in [5.41, 5.74) is 1.31. The Balaban J connectivity index is 2.89. The number of aryl methyl sites for hydroxylation is 1. The molecule has 0 spiro atoms. The summed E-state index contributed by atoms with van der Waals surface area (Å²) in [6, 6.07) is 4.24. The Labute approximate surface area is 145 Å². The Morgan fingerprint density at radius 3 is 2.50 bits per heavy atom. The molecule has 0 fully saturated rings. The van der Waals surface area contributed by atoms with E-state index in [1.54, 1.807) is 12.4 Å². The molecule has 24 heavy (non-hydrogen) atoms. The number of hydrogen-bond donors (Lipinski definition) is 0. The van der Waals surface area contributed by atoms with Crippen LogP contribution >= 0.6 is 0 Å². The quantitative estimate of drug-likeness (QED) is 0.247. The maximum Gasteiger partial charge on any atom is 0.267 e. The summed E-state index contributed by atoms with van der Waals surface area (Å²) in [4.78, 5) is 6.20. The van der Waals surface area contributed by atoms with E-state index in [1.165, 1.54) is 6.07 Å². The van der Waals surface area contributed by atoms with Crippen molar-refractivity contribution in [3.63, 3.8) is 0 Å². The molecule has 0 aromatic heterocycles. The van der Waals surface area contributed by atoms with Gasteiger partial charge in [0.15, 0.2) is 0 Å². The van der Waals surface area contributed by atoms with Gasteiger partial charge >= 0.3 is 0 Å². The number of halogens is 2. The Bertz CT molecular complexity index is 557. The lowest BCUT2D eigenvalue weighted by atomic mass is 10.1. The summed E-state index contributed by atoms with van der Waals surface area (Å²) in [6.07, 6.45) is -0.0134. The Hall–Kier alpha value is -1.43. The highest BCUT2D eigenvalue weighted by molar-refractivity contribution is 6.76. The van der Waals surface area contributed by atoms with Gasteiger partial charge in [-0.2, -0.15) is 0 Å². The second kappa shape index (κ2) is 9.16. The van der Waals surface area contributed by atoms with Gasteiger partial charge in [-0.25, -0.2) is 13.8 Å². The average Bonchev–Trinajstić information content (AvgIpc) is 2.48. The number of benzene rings is 1. The first kappa shape index (κ1) is 20.6. The second-order valence-electron chi connectivity index (χ2n) is 7.31. The van der Waals surface area contributed by atoms with Crippen LogP contribution in [0.1, 0.15) is 30.9 Å². The normalized spacial score (nSPS) is 12.2. The molecular weight excluding hydrogens is 326 g/mol. The minimum atomic E-state index is -2.57. The smallest absolute Gasteiger partial charge is 0.267 e. The zero-order chi connectivity index (χ0) is 18.3. The van der Waals surface area contributed by atoms with E-state index in [0.717, 1.165) is 24.6 Å². The van der Waals surface area contributed by atoms with Gasteiger partial charge in [0.1, 0.15) is 5.75 Å². The highest BCUT2D eigenvalue weighted by Crippen LogP contribution is 2.35. The van der Waals surface area contributed by atoms with Crippen LogP contribution in [0.3, 0.4) is 0 Å². The third kappa shape index (κ3) is 6.99. The molecule has 0 amide bonds. The zero-order valence-corrected chi connectivity index (χ0v) is 16.7. The van der Waals surface area contributed by atoms with Crippen LogP contribution in [0.4, 0.5) is 14.5 Å². The van der Waals surface area contributed by atoms with Gasteiger partial charge in [-0.1, -0.05) is 25.7 Å². The van der Waals surface area contributed by atoms with Crippen LogP contribution in [0.25, 0.3) is 0 Å². The van der Waals surface area contributed by atoms with Crippen molar-refractivity contribution < 1.29 is 13.5 Å². The summed E-state index contributed by atoms with van der Waals surface area (Å²) < 4.78 is 32.4. The zero-order valence-electron chi connectivity index (χ0n) is 15.7. The first-order valence-electron chi connectivity index (χ1n) is 8.44. The highest BCUT2D eigenvalue weighted by atomic mass is 28.3. The lowest BCUT2D eigenvalue weighted by Gasteiger charge is -2.17. The van der Waals surface area contributed by atoms with Crippen molar-refractivity contribution in [3.05, 3.63) is 23.3 Å². The molecule has 0 aliphatic heterocycles. The van der Waals surface area contributed by atoms with Crippen molar-refractivity contribution in [1.29, 1.82) is 0 Å². The third-order valence-corrected chi connectivity index (χ3v) is 5.64. The number of ether oxygens (including phenoxy) is 1. The minimum Gasteiger partial charge on any atom is -0.493 e. The summed E-state index contributed by atoms with van der Waals surface area (Å²) in [7, 11) is 0.764. The summed E-state index contributed by atoms with van der Waals surface area (Å²) in [5, 5.41) is 0. The maximum absolute atomic E-state index is 13.4. The second-order valence-corrected chi connectivity index (χ2v) is 12.9. The molecule has 0 heterocycles. The molecular formula is C18H30F2N2OSi. The van der Waals surface area contributed by atoms with E-state index < -0.39 is 14.5 Å². The molecule has 0 aliphatic carbocycles. The molecule has 3 nitrogen and oxygen atoms in total. The van der Waals surface area contributed by atoms with Crippen molar-refractivity contribution in [3.8, 4) is 5.75 Å². The molecule has 136 valence electrons. The van der Waals surface area contributed by atoms with Gasteiger partial charge in [0.25, 0.3) is 6.43 Å². The fourth-order valence-electron chi connectivity index (χ4n) is 2.15. The number of rotatable bonds is 9. The van der Waals surface area contributed by atoms with Crippen molar-refractivity contribution in [2.75, 3.05) is 20.2 Å². The summed E-state index contributed by atoms with van der Waals surface area (Å²) in [6.45, 7) is 12.0. The highest BCUT2D eigenvalue weighted by Gasteiger charge is 2.17. The number of nitrogens with zero attached hydrogens (tertiary/aromatic N) is 2. The van der Waals surface area contributed by atoms with Gasteiger partial charge in [0.05, 0.1) is 24.2 Å². The predicted octanol–water partition coefficient (Wildman–Crippen LogP) is 5.65. The Morgan fingerprint density at radius 2 is 1.96 bits per heavy atom. The van der Waals surface area contributed by atoms with Crippen LogP contribution in [0.5, 0.6) is 5.75 Å². The number of hydrogen-bond acceptors (Lipinski definition) is 2. The first-order valence-corrected chi connectivity index (χ1v) is 12.1. The van der Waals surface area contributed by atoms with E-state index in [0.29, 0.717) is 12.3 Å². The lowest BCUT2D eigenvalue weighted by Crippen LogP contribution is -2.20. The van der Waals surface area contributed by atoms with E-state index in [4.69, 9.17) is 4.74 Å². The van der Waals surface area contributed by atoms with Crippen LogP contribution in [-0.4, -0.2) is 39.5 Å². The number of alkyl halides is 2. The van der Waals surface area contributed by atoms with Crippen molar-refractivity contribution >= 4 is 20.1 Å². The molecule has 1 rings (SSSR count). The van der Waals surface area contributed by atoms with Crippen LogP contribution in [0.15, 0.2) is 17.1 Å². The molecule has 6 heteroatoms. The topological polar surface area (TPSA) is 24.8 Å². The minimum absolute atomic E-state index is 0.0834. The van der Waals surface area contributed by atoms with Gasteiger partial charge in [0.2, 0.25) is 0 Å². The molecule has 0 unspecified atom stereocenters. The third-order valence-electron chi connectivity index (χ3n) is 3.78. The molecule has 0 bridgehead atoms. The molecule has 0 radical (unpaired) electrons. The summed E-state index contributed by atoms with van der Waals surface area (Å²) in [5.74, 6) is 0.279. The molecule has 0 saturated heterocycles. The molecule has 0 atom stereocenters. The van der Waals surface area contributed by atoms with Crippen LogP contribution in [0.2, 0.25) is 25.7 Å². The van der Waals surface area contributed by atoms with E-state index in [2.05, 4.69) is 24.6 Å². The van der Waals surface area contributed by atoms with E-state index in [9.17, 15) is 8.78 Å². The maximum atomic E-state index is 13.4. The van der Waals surface area contributed by atoms with Gasteiger partial charge in [-0.15, -0.1) is 0 Å². The standard InChI is InChI=1S/C18H30F2N2OSi/c1-7-22(3)13-21-16-12-15(18(19)20)17(11-14(16)2)23-9-8-10-24(4,5)6/h11-13,18H,7-10H2,1-6H3. The molecule has 1 aromatic rings. The van der Waals surface area contributed by atoms with E-state index in [1.807, 2.05) is 25.8 Å². The lowest BCUT2D eigenvalue weighted by molar-refractivity contribution is 0.145. The largest absolute Gasteiger partial charge is 0.493 e. The Morgan fingerprint density at radius 1 is 1.29 bits per heavy atom. The van der Waals surface area contributed by atoms with Crippen molar-refractivity contribution in [2.24, 2.45) is 4.99 Å². The fourth-order valence-corrected chi connectivity index (χ4v) is 3.35. The van der Waals surface area contributed by atoms with Crippen LogP contribution in [-0.2, 0) is 0 Å². The Kier molecular flexibility index (Phi) is 7.86. The summed E-state index contributed by atoms with van der Waals surface area (Å²) >= 11 is 0. The predicted molar refractivity (Wildman–Crippen MR) is 101 cm³/mol. The molecule has 0 aliphatic rings. The van der Waals surface area contributed by atoms with Crippen molar-refractivity contribution in [1.82, 2.24) is 4.90 Å². The van der Waals surface area contributed by atoms with Gasteiger partial charge in [-0.05, 0) is 38.0 Å². The molecule has 0 N–H and O–H groups in total. The average molecular weight is 357 g/mol. The fraction of sp³-hybridized carbons (Fsp3) is 0.611. The van der Waals surface area contributed by atoms with Gasteiger partial charge in [0, 0.05) is 21.7 Å². The van der Waals surface area contributed by atoms with Crippen molar-refractivity contribution in [2.45, 2.75) is 52.4 Å². The SMILES string of the molecule is CCN(C)C=Nc1cc(C(F)F)c(OCCC[Si](C)(C)C)cc1C. The number of aliphatic imine (C=N–C) groups is 1. The first-order chi connectivity index (χ1) is 11.1. The van der Waals surface area contributed by atoms with Crippen LogP contribution in [0, 0.1) is 6.92 Å². The molecule has 0 saturated carbocycles. The van der Waals surface area contributed by atoms with Gasteiger partial charge in [-0.3, -0.25) is 0 Å².